The molecule has 9 heteroatoms. The SMILES string of the molecule is COc1ncnn2ccc(-c3cnc4nc(CO)n(Cc5cccc(F)c5)c4c3)c12. The summed E-state index contributed by atoms with van der Waals surface area (Å²) in [4.78, 5) is 13.1. The molecule has 0 fully saturated rings. The monoisotopic (exact) mass is 404 g/mol. The number of hydrogen-bond donors (Lipinski definition) is 1. The average Bonchev–Trinajstić information content (AvgIpc) is 3.35. The number of methoxy groups -OCH3 is 1. The van der Waals surface area contributed by atoms with E-state index in [9.17, 15) is 9.50 Å². The zero-order chi connectivity index (χ0) is 20.7. The van der Waals surface area contributed by atoms with E-state index in [1.54, 1.807) is 23.9 Å². The highest BCUT2D eigenvalue weighted by Crippen LogP contribution is 2.31. The molecule has 4 aromatic heterocycles. The molecular weight excluding hydrogens is 387 g/mol. The first-order valence-electron chi connectivity index (χ1n) is 9.25. The quantitative estimate of drug-likeness (QED) is 0.484. The first kappa shape index (κ1) is 18.2. The van der Waals surface area contributed by atoms with Crippen LogP contribution < -0.4 is 4.74 Å². The fourth-order valence-electron chi connectivity index (χ4n) is 3.62. The summed E-state index contributed by atoms with van der Waals surface area (Å²) in [5.74, 6) is 0.602. The lowest BCUT2D eigenvalue weighted by Gasteiger charge is -2.09. The van der Waals surface area contributed by atoms with Crippen LogP contribution in [0.5, 0.6) is 5.88 Å². The van der Waals surface area contributed by atoms with Crippen LogP contribution >= 0.6 is 0 Å². The third kappa shape index (κ3) is 2.96. The van der Waals surface area contributed by atoms with Gasteiger partial charge in [0.2, 0.25) is 5.88 Å². The Morgan fingerprint density at radius 1 is 1.17 bits per heavy atom. The van der Waals surface area contributed by atoms with Gasteiger partial charge in [0.25, 0.3) is 0 Å². The molecule has 0 radical (unpaired) electrons. The van der Waals surface area contributed by atoms with Crippen LogP contribution in [0.4, 0.5) is 4.39 Å². The Kier molecular flexibility index (Phi) is 4.36. The minimum Gasteiger partial charge on any atom is -0.479 e. The predicted molar refractivity (Wildman–Crippen MR) is 107 cm³/mol. The van der Waals surface area contributed by atoms with Gasteiger partial charge in [-0.25, -0.2) is 18.9 Å². The number of halogens is 1. The summed E-state index contributed by atoms with van der Waals surface area (Å²) < 4.78 is 22.6. The molecule has 0 atom stereocenters. The third-order valence-corrected chi connectivity index (χ3v) is 4.98. The van der Waals surface area contributed by atoms with Gasteiger partial charge < -0.3 is 14.4 Å². The standard InChI is InChI=1S/C21H17FN6O2/c1-30-21-19-16(5-6-28(19)25-12-24-21)14-8-17-20(23-9-14)26-18(11-29)27(17)10-13-3-2-4-15(22)7-13/h2-9,12,29H,10-11H2,1H3. The van der Waals surface area contributed by atoms with E-state index in [-0.39, 0.29) is 12.4 Å². The van der Waals surface area contributed by atoms with Gasteiger partial charge >= 0.3 is 0 Å². The van der Waals surface area contributed by atoms with Gasteiger partial charge in [-0.05, 0) is 29.8 Å². The van der Waals surface area contributed by atoms with E-state index in [4.69, 9.17) is 4.74 Å². The lowest BCUT2D eigenvalue weighted by molar-refractivity contribution is 0.267. The zero-order valence-corrected chi connectivity index (χ0v) is 16.0. The largest absolute Gasteiger partial charge is 0.479 e. The number of aliphatic hydroxyl groups excluding tert-OH is 1. The van der Waals surface area contributed by atoms with E-state index in [2.05, 4.69) is 20.1 Å². The van der Waals surface area contributed by atoms with E-state index in [0.717, 1.165) is 27.7 Å². The zero-order valence-electron chi connectivity index (χ0n) is 16.0. The number of aromatic nitrogens is 6. The van der Waals surface area contributed by atoms with Crippen LogP contribution in [0.1, 0.15) is 11.4 Å². The molecule has 5 aromatic rings. The van der Waals surface area contributed by atoms with E-state index < -0.39 is 0 Å². The van der Waals surface area contributed by atoms with Crippen molar-refractivity contribution in [1.29, 1.82) is 0 Å². The first-order chi connectivity index (χ1) is 14.7. The molecule has 0 aliphatic carbocycles. The summed E-state index contributed by atoms with van der Waals surface area (Å²) in [7, 11) is 1.56. The van der Waals surface area contributed by atoms with Crippen LogP contribution in [-0.4, -0.2) is 41.3 Å². The predicted octanol–water partition coefficient (Wildman–Crippen LogP) is 2.83. The smallest absolute Gasteiger partial charge is 0.241 e. The summed E-state index contributed by atoms with van der Waals surface area (Å²) in [6.45, 7) is 0.107. The second-order valence-corrected chi connectivity index (χ2v) is 6.76. The molecule has 0 aliphatic heterocycles. The summed E-state index contributed by atoms with van der Waals surface area (Å²) >= 11 is 0. The lowest BCUT2D eigenvalue weighted by atomic mass is 10.1. The van der Waals surface area contributed by atoms with E-state index >= 15 is 0 Å². The second kappa shape index (κ2) is 7.20. The minimum atomic E-state index is -0.311. The maximum absolute atomic E-state index is 13.6. The molecule has 4 heterocycles. The first-order valence-corrected chi connectivity index (χ1v) is 9.25. The van der Waals surface area contributed by atoms with Crippen LogP contribution in [0.2, 0.25) is 0 Å². The molecule has 30 heavy (non-hydrogen) atoms. The number of hydrogen-bond acceptors (Lipinski definition) is 6. The van der Waals surface area contributed by atoms with Crippen LogP contribution in [0.15, 0.2) is 55.1 Å². The van der Waals surface area contributed by atoms with Crippen molar-refractivity contribution in [3.05, 3.63) is 72.3 Å². The number of nitrogens with zero attached hydrogens (tertiary/aromatic N) is 6. The van der Waals surface area contributed by atoms with Gasteiger partial charge in [0, 0.05) is 30.1 Å². The van der Waals surface area contributed by atoms with Crippen molar-refractivity contribution in [2.24, 2.45) is 0 Å². The summed E-state index contributed by atoms with van der Waals surface area (Å²) in [5, 5.41) is 14.0. The Bertz CT molecular complexity index is 1380. The highest BCUT2D eigenvalue weighted by Gasteiger charge is 2.17. The Morgan fingerprint density at radius 3 is 2.87 bits per heavy atom. The summed E-state index contributed by atoms with van der Waals surface area (Å²) in [5.41, 5.74) is 4.40. The van der Waals surface area contributed by atoms with Crippen molar-refractivity contribution in [3.63, 3.8) is 0 Å². The van der Waals surface area contributed by atoms with Crippen LogP contribution in [0.3, 0.4) is 0 Å². The Labute approximate surface area is 170 Å². The number of ether oxygens (including phenoxy) is 1. The van der Waals surface area contributed by atoms with Crippen molar-refractivity contribution >= 4 is 16.7 Å². The van der Waals surface area contributed by atoms with E-state index in [0.29, 0.717) is 23.9 Å². The van der Waals surface area contributed by atoms with Crippen molar-refractivity contribution < 1.29 is 14.2 Å². The van der Waals surface area contributed by atoms with Gasteiger partial charge in [0.15, 0.2) is 5.65 Å². The van der Waals surface area contributed by atoms with Crippen LogP contribution in [-0.2, 0) is 13.2 Å². The summed E-state index contributed by atoms with van der Waals surface area (Å²) in [6.07, 6.45) is 4.96. The number of imidazole rings is 1. The number of rotatable bonds is 5. The molecule has 0 unspecified atom stereocenters. The molecule has 150 valence electrons. The molecule has 0 spiro atoms. The molecule has 5 rings (SSSR count). The minimum absolute atomic E-state index is 0.252. The van der Waals surface area contributed by atoms with E-state index in [1.165, 1.54) is 18.5 Å². The summed E-state index contributed by atoms with van der Waals surface area (Å²) in [6, 6.07) is 10.2. The van der Waals surface area contributed by atoms with Gasteiger partial charge in [-0.3, -0.25) is 0 Å². The number of pyridine rings is 1. The van der Waals surface area contributed by atoms with Crippen molar-refractivity contribution in [3.8, 4) is 17.0 Å². The molecule has 0 saturated carbocycles. The van der Waals surface area contributed by atoms with Gasteiger partial charge in [0.1, 0.15) is 30.1 Å². The number of benzene rings is 1. The maximum atomic E-state index is 13.6. The van der Waals surface area contributed by atoms with Gasteiger partial charge in [-0.1, -0.05) is 12.1 Å². The topological polar surface area (TPSA) is 90.4 Å². The number of aliphatic hydroxyl groups is 1. The van der Waals surface area contributed by atoms with E-state index in [1.807, 2.05) is 29.0 Å². The van der Waals surface area contributed by atoms with Gasteiger partial charge in [-0.15, -0.1) is 0 Å². The fourth-order valence-corrected chi connectivity index (χ4v) is 3.62. The fraction of sp³-hybridized carbons (Fsp3) is 0.143. The molecule has 0 bridgehead atoms. The molecule has 0 saturated heterocycles. The van der Waals surface area contributed by atoms with Gasteiger partial charge in [-0.2, -0.15) is 10.1 Å². The average molecular weight is 404 g/mol. The molecule has 1 aromatic carbocycles. The Hall–Kier alpha value is -3.85. The second-order valence-electron chi connectivity index (χ2n) is 6.76. The molecule has 0 amide bonds. The Morgan fingerprint density at radius 2 is 2.07 bits per heavy atom. The number of fused-ring (bicyclic) bond motifs is 2. The van der Waals surface area contributed by atoms with Crippen molar-refractivity contribution in [1.82, 2.24) is 29.1 Å². The van der Waals surface area contributed by atoms with Gasteiger partial charge in [0.05, 0.1) is 12.6 Å². The maximum Gasteiger partial charge on any atom is 0.241 e. The van der Waals surface area contributed by atoms with Crippen molar-refractivity contribution in [2.75, 3.05) is 7.11 Å². The third-order valence-electron chi connectivity index (χ3n) is 4.98. The molecule has 1 N–H and O–H groups in total. The lowest BCUT2D eigenvalue weighted by Crippen LogP contribution is -2.05. The molecule has 8 nitrogen and oxygen atoms in total. The van der Waals surface area contributed by atoms with Crippen molar-refractivity contribution in [2.45, 2.75) is 13.2 Å². The van der Waals surface area contributed by atoms with Crippen LogP contribution in [0, 0.1) is 5.82 Å². The highest BCUT2D eigenvalue weighted by atomic mass is 19.1. The molecular formula is C21H17FN6O2. The Balaban J connectivity index is 1.68. The van der Waals surface area contributed by atoms with Crippen LogP contribution in [0.25, 0.3) is 27.8 Å². The normalized spacial score (nSPS) is 11.4. The molecule has 0 aliphatic rings. The highest BCUT2D eigenvalue weighted by molar-refractivity contribution is 5.87.